The molecule has 17 rings (SSSR count). The highest BCUT2D eigenvalue weighted by Gasteiger charge is 2.38. The number of rotatable bonds is 18. The van der Waals surface area contributed by atoms with Crippen LogP contribution in [0.15, 0.2) is 263 Å². The molecule has 6 aromatic carbocycles. The fraction of sp³-hybridized carbons (Fsp3) is 0.195. The van der Waals surface area contributed by atoms with Crippen LogP contribution in [0.3, 0.4) is 0 Å². The van der Waals surface area contributed by atoms with Gasteiger partial charge >= 0.3 is 36.7 Å². The van der Waals surface area contributed by atoms with E-state index < -0.39 is 70.4 Å². The number of carbonyl (C=O) groups is 8. The van der Waals surface area contributed by atoms with Crippen molar-refractivity contribution in [2.75, 3.05) is 27.4 Å². The van der Waals surface area contributed by atoms with Crippen LogP contribution in [0.4, 0.5) is 76.1 Å². The van der Waals surface area contributed by atoms with Crippen LogP contribution in [-0.2, 0) is 52.1 Å². The quantitative estimate of drug-likeness (QED) is 0.0352. The average molecular weight is 2050 g/mol. The summed E-state index contributed by atoms with van der Waals surface area (Å²) in [6.45, 7) is 20.9. The van der Waals surface area contributed by atoms with Crippen LogP contribution in [0.1, 0.15) is 202 Å². The monoisotopic (exact) mass is 2050 g/mol. The molecular formula is C113H94F9N17O10S. The Morgan fingerprint density at radius 2 is 0.907 bits per heavy atom. The van der Waals surface area contributed by atoms with Crippen LogP contribution in [0, 0.1) is 82.0 Å². The molecule has 0 aliphatic heterocycles. The van der Waals surface area contributed by atoms with Gasteiger partial charge in [-0.25, -0.2) is 44.3 Å². The first-order valence-corrected chi connectivity index (χ1v) is 47.1. The number of carbonyl (C=O) groups excluding carboxylic acids is 8. The second-order valence-corrected chi connectivity index (χ2v) is 37.3. The molecule has 11 aromatic heterocycles. The van der Waals surface area contributed by atoms with Crippen LogP contribution in [0.5, 0.6) is 0 Å². The van der Waals surface area contributed by atoms with Gasteiger partial charge in [0.15, 0.2) is 39.6 Å². The highest BCUT2D eigenvalue weighted by atomic mass is 32.1. The summed E-state index contributed by atoms with van der Waals surface area (Å²) in [4.78, 5) is 132. The number of ether oxygens (including phenoxy) is 2. The molecule has 17 aromatic rings. The van der Waals surface area contributed by atoms with E-state index in [1.807, 2.05) is 98.3 Å². The summed E-state index contributed by atoms with van der Waals surface area (Å²) in [5, 5.41) is 8.46. The number of thiazole rings is 1. The van der Waals surface area contributed by atoms with E-state index in [9.17, 15) is 77.9 Å². The number of fused-ring (bicyclic) bond motifs is 4. The lowest BCUT2D eigenvalue weighted by molar-refractivity contribution is -0.138. The van der Waals surface area contributed by atoms with Crippen LogP contribution < -0.4 is 26.6 Å². The third-order valence-electron chi connectivity index (χ3n) is 22.4. The Hall–Kier alpha value is -18.4. The minimum Gasteiger partial charge on any atom is -0.443 e. The van der Waals surface area contributed by atoms with Gasteiger partial charge in [-0.15, -0.1) is 11.3 Å². The minimum absolute atomic E-state index is 0.0683. The van der Waals surface area contributed by atoms with E-state index in [2.05, 4.69) is 98.2 Å². The maximum absolute atomic E-state index is 13.7. The number of amides is 5. The Bertz CT molecular complexity index is 8330. The molecule has 0 atom stereocenters. The molecule has 0 fully saturated rings. The number of anilines is 4. The fourth-order valence-corrected chi connectivity index (χ4v) is 15.5. The molecule has 150 heavy (non-hydrogen) atoms. The standard InChI is InChI=1S/C38H36F3N5O5.C29H24F3N3O2.C24H16F3N3O.C22H18N6O2S/c1-24-10-11-27(32(47)19-25-17-28(38(39,40)41)21-30(18-25)44-16-14-42-23-44)20-26(24)12-13-29-22-43-33-31(9-8-15-45(29)33)46(34(48)50-36(2,3)4)35(49)51-37(5,6)7;1-3-24(36)18-33-26-12-8-20(14-25(26)29(30,31)32)15-27(37)22-9-7-19(2)21(16-22)10-11-23-17-34-28-6-4-5-13-35(23)28;1-16-5-6-18(22(31)14-20-13-19(9-10-28-20)24(25,26)27)12-17(16)7-8-21-15-29-23-4-2-3-11-30(21)23;1-13-5-6-16(20(29)27-22-25-11-14(2)31-22)10-15(13)7-8-17-12-24-19-18(26-21(23)30)4-3-9-28(17)19/h8-11,14-18,20-23H,19H2,1-7H3;4-9,12-14,16-17,33H,3,15,18H2,1-2H3;2-6,9-13,15H,14H2,1H3;3-6,9-12H,1-2H3,(H3,23,26,30)(H,25,27,29). The van der Waals surface area contributed by atoms with Gasteiger partial charge in [0, 0.05) is 135 Å². The van der Waals surface area contributed by atoms with Crippen molar-refractivity contribution in [2.45, 2.75) is 138 Å². The predicted molar refractivity (Wildman–Crippen MR) is 550 cm³/mol. The zero-order valence-electron chi connectivity index (χ0n) is 82.6. The molecule has 0 bridgehead atoms. The summed E-state index contributed by atoms with van der Waals surface area (Å²) < 4.78 is 140. The van der Waals surface area contributed by atoms with E-state index in [0.717, 1.165) is 85.4 Å². The highest BCUT2D eigenvalue weighted by molar-refractivity contribution is 7.15. The number of hydrogen-bond donors (Lipinski definition) is 4. The van der Waals surface area contributed by atoms with Crippen LogP contribution in [-0.4, -0.2) is 122 Å². The van der Waals surface area contributed by atoms with E-state index in [1.54, 1.807) is 179 Å². The van der Waals surface area contributed by atoms with Gasteiger partial charge in [0.25, 0.3) is 5.91 Å². The number of pyridine rings is 5. The predicted octanol–water partition coefficient (Wildman–Crippen LogP) is 22.7. The lowest BCUT2D eigenvalue weighted by atomic mass is 9.97. The van der Waals surface area contributed by atoms with E-state index >= 15 is 0 Å². The number of nitrogens with two attached hydrogens (primary N) is 1. The smallest absolute Gasteiger partial charge is 0.424 e. The summed E-state index contributed by atoms with van der Waals surface area (Å²) >= 11 is 1.42. The van der Waals surface area contributed by atoms with Gasteiger partial charge in [-0.3, -0.25) is 51.9 Å². The molecule has 5 amide bonds. The Balaban J connectivity index is 0.000000161. The third-order valence-corrected chi connectivity index (χ3v) is 23.3. The molecule has 5 N–H and O–H groups in total. The molecule has 11 heterocycles. The van der Waals surface area contributed by atoms with E-state index in [0.29, 0.717) is 72.6 Å². The molecular weight excluding hydrogens is 1960 g/mol. The van der Waals surface area contributed by atoms with Crippen LogP contribution >= 0.6 is 11.3 Å². The number of halogens is 9. The summed E-state index contributed by atoms with van der Waals surface area (Å²) in [6, 6.07) is 46.6. The number of benzene rings is 6. The zero-order valence-corrected chi connectivity index (χ0v) is 83.5. The van der Waals surface area contributed by atoms with Crippen molar-refractivity contribution < 1.29 is 87.3 Å². The second kappa shape index (κ2) is 45.9. The number of nitrogens with zero attached hydrogens (tertiary/aromatic N) is 13. The van der Waals surface area contributed by atoms with Gasteiger partial charge in [0.2, 0.25) is 0 Å². The third kappa shape index (κ3) is 27.8. The second-order valence-electron chi connectivity index (χ2n) is 36.1. The molecule has 27 nitrogen and oxygen atoms in total. The Morgan fingerprint density at radius 3 is 1.39 bits per heavy atom. The molecule has 0 aliphatic rings. The largest absolute Gasteiger partial charge is 0.443 e. The van der Waals surface area contributed by atoms with Crippen molar-refractivity contribution in [1.29, 1.82) is 0 Å². The molecule has 0 saturated heterocycles. The van der Waals surface area contributed by atoms with Crippen molar-refractivity contribution in [3.8, 4) is 53.1 Å². The number of ketones is 4. The minimum atomic E-state index is -4.64. The van der Waals surface area contributed by atoms with Crippen molar-refractivity contribution in [3.05, 3.63) is 391 Å². The number of urea groups is 1. The van der Waals surface area contributed by atoms with E-state index in [4.69, 9.17) is 15.2 Å². The van der Waals surface area contributed by atoms with Crippen molar-refractivity contribution in [2.24, 2.45) is 5.73 Å². The van der Waals surface area contributed by atoms with Gasteiger partial charge in [-0.1, -0.05) is 91.3 Å². The lowest BCUT2D eigenvalue weighted by Crippen LogP contribution is -2.44. The molecule has 0 spiro atoms. The number of nitrogens with one attached hydrogen (secondary N) is 3. The normalized spacial score (nSPS) is 11.3. The number of primary amides is 1. The number of aromatic nitrogens is 12. The zero-order chi connectivity index (χ0) is 108. The van der Waals surface area contributed by atoms with Gasteiger partial charge in [0.1, 0.15) is 51.0 Å². The number of hydrogen-bond acceptors (Lipinski definition) is 19. The van der Waals surface area contributed by atoms with Crippen LogP contribution in [0.2, 0.25) is 0 Å². The fourth-order valence-electron chi connectivity index (χ4n) is 14.8. The van der Waals surface area contributed by atoms with E-state index in [1.165, 1.54) is 65.1 Å². The molecule has 0 saturated carbocycles. The Labute approximate surface area is 858 Å². The number of Topliss-reactive ketones (excluding diaryl/α,β-unsaturated/α-hetero) is 4. The summed E-state index contributed by atoms with van der Waals surface area (Å²) in [5.74, 6) is 23.1. The number of aryl methyl sites for hydroxylation is 5. The number of alkyl halides is 9. The Morgan fingerprint density at radius 1 is 0.427 bits per heavy atom. The molecule has 0 aliphatic carbocycles. The first-order chi connectivity index (χ1) is 71.1. The molecule has 37 heteroatoms. The van der Waals surface area contributed by atoms with Crippen molar-refractivity contribution in [3.63, 3.8) is 0 Å². The van der Waals surface area contributed by atoms with Crippen molar-refractivity contribution in [1.82, 2.24) is 57.1 Å². The average Bonchev–Trinajstić information content (AvgIpc) is 1.61. The maximum atomic E-state index is 13.7. The molecule has 760 valence electrons. The highest BCUT2D eigenvalue weighted by Crippen LogP contribution is 2.38. The van der Waals surface area contributed by atoms with Gasteiger partial charge in [-0.2, -0.15) is 44.4 Å². The first-order valence-electron chi connectivity index (χ1n) is 46.3. The van der Waals surface area contributed by atoms with Gasteiger partial charge in [0.05, 0.1) is 66.5 Å². The lowest BCUT2D eigenvalue weighted by Gasteiger charge is -2.28. The number of imide groups is 1. The van der Waals surface area contributed by atoms with Crippen LogP contribution in [0.25, 0.3) is 28.3 Å². The SMILES string of the molecule is CCC(=O)CNc1ccc(CC(=O)c2ccc(C)c(C#Cc3cnc4ccccn34)c2)cc1C(F)(F)F.Cc1ccc(C(=O)Cc2cc(-n3ccnc3)cc(C(F)(F)F)c2)cc1C#Cc1cnc2c(N(C(=O)OC(C)(C)C)C(=O)OC(C)(C)C)cccn12.Cc1ccc(C(=O)Cc2cc(C(F)(F)F)ccn2)cc1C#Cc1cnc2ccccn12.Cc1cnc(NC(=O)c2ccc(C)c(C#Cc3cnc4c(NC(N)=O)cccn34)c2)s1. The van der Waals surface area contributed by atoms with Crippen molar-refractivity contribution >= 4 is 103 Å². The van der Waals surface area contributed by atoms with Gasteiger partial charge in [-0.05, 0) is 255 Å². The first kappa shape index (κ1) is 107. The summed E-state index contributed by atoms with van der Waals surface area (Å²) in [5.41, 5.74) is 14.2. The summed E-state index contributed by atoms with van der Waals surface area (Å²) in [6.07, 6.45) is 4.65. The summed E-state index contributed by atoms with van der Waals surface area (Å²) in [7, 11) is 0. The van der Waals surface area contributed by atoms with E-state index in [-0.39, 0.29) is 101 Å². The maximum Gasteiger partial charge on any atom is 0.424 e. The number of imidazole rings is 5. The van der Waals surface area contributed by atoms with Gasteiger partial charge < -0.3 is 30.4 Å². The Kier molecular flexibility index (Phi) is 32.9. The molecule has 0 radical (unpaired) electrons. The topological polar surface area (TPSA) is 333 Å². The molecule has 0 unspecified atom stereocenters.